The maximum Gasteiger partial charge on any atom is 0.330 e. The summed E-state index contributed by atoms with van der Waals surface area (Å²) in [6.45, 7) is 3.53. The quantitative estimate of drug-likeness (QED) is 0.545. The zero-order chi connectivity index (χ0) is 11.0. The Morgan fingerprint density at radius 1 is 1.20 bits per heavy atom. The van der Waals surface area contributed by atoms with Crippen LogP contribution in [0.2, 0.25) is 0 Å². The van der Waals surface area contributed by atoms with Crippen LogP contribution in [-0.2, 0) is 6.54 Å². The van der Waals surface area contributed by atoms with Gasteiger partial charge in [-0.1, -0.05) is 6.08 Å². The van der Waals surface area contributed by atoms with Crippen LogP contribution in [0.15, 0.2) is 27.0 Å². The van der Waals surface area contributed by atoms with Gasteiger partial charge in [0, 0.05) is 6.54 Å². The van der Waals surface area contributed by atoms with E-state index in [-0.39, 0.29) is 17.7 Å². The van der Waals surface area contributed by atoms with Crippen molar-refractivity contribution in [1.29, 1.82) is 0 Å². The van der Waals surface area contributed by atoms with E-state index >= 15 is 0 Å². The van der Waals surface area contributed by atoms with Crippen LogP contribution in [0, 0.1) is 0 Å². The molecule has 0 aromatic carbocycles. The minimum atomic E-state index is -0.581. The van der Waals surface area contributed by atoms with Crippen LogP contribution in [0.5, 0.6) is 0 Å². The molecule has 3 N–H and O–H groups in total. The molecule has 0 amide bonds. The lowest BCUT2D eigenvalue weighted by Crippen LogP contribution is -2.34. The van der Waals surface area contributed by atoms with E-state index in [4.69, 9.17) is 0 Å². The minimum absolute atomic E-state index is 0.0569. The number of hydrogen-bond acceptors (Lipinski definition) is 3. The van der Waals surface area contributed by atoms with Gasteiger partial charge in [0.05, 0.1) is 0 Å². The third-order valence-electron chi connectivity index (χ3n) is 1.97. The third kappa shape index (κ3) is 1.33. The molecule has 2 aromatic rings. The van der Waals surface area contributed by atoms with E-state index in [9.17, 15) is 14.4 Å². The summed E-state index contributed by atoms with van der Waals surface area (Å²) in [4.78, 5) is 40.9. The van der Waals surface area contributed by atoms with Crippen LogP contribution in [-0.4, -0.2) is 19.5 Å². The molecule has 7 nitrogen and oxygen atoms in total. The van der Waals surface area contributed by atoms with Crippen molar-refractivity contribution in [2.45, 2.75) is 6.54 Å². The number of allylic oxidation sites excluding steroid dienone is 1. The Hall–Kier alpha value is -2.31. The first kappa shape index (κ1) is 9.25. The van der Waals surface area contributed by atoms with Crippen LogP contribution in [0.4, 0.5) is 0 Å². The Bertz CT molecular complexity index is 684. The first-order chi connectivity index (χ1) is 7.13. The van der Waals surface area contributed by atoms with Crippen LogP contribution < -0.4 is 16.9 Å². The average Bonchev–Trinajstić information content (AvgIpc) is 2.53. The van der Waals surface area contributed by atoms with E-state index in [2.05, 4.69) is 21.5 Å². The molecule has 0 atom stereocenters. The molecule has 0 unspecified atom stereocenters. The standard InChI is InChI=1S/C8H8N4O3/c1-2-3-12-6(13)4-5(11-8(12)15)10-7(14)9-4/h2H,1,3H2,(H,11,15)(H2,9,10,14). The summed E-state index contributed by atoms with van der Waals surface area (Å²) in [5, 5.41) is 0. The molecule has 0 saturated carbocycles. The number of H-pyrrole nitrogens is 3. The van der Waals surface area contributed by atoms with Gasteiger partial charge in [0.2, 0.25) is 0 Å². The van der Waals surface area contributed by atoms with Crippen molar-refractivity contribution in [3.05, 3.63) is 44.0 Å². The van der Waals surface area contributed by atoms with Gasteiger partial charge in [-0.25, -0.2) is 9.59 Å². The topological polar surface area (TPSA) is 104 Å². The van der Waals surface area contributed by atoms with Gasteiger partial charge in [0.1, 0.15) is 5.65 Å². The van der Waals surface area contributed by atoms with Gasteiger partial charge < -0.3 is 0 Å². The summed E-state index contributed by atoms with van der Waals surface area (Å²) < 4.78 is 0.944. The maximum absolute atomic E-state index is 11.7. The second-order valence-corrected chi connectivity index (χ2v) is 2.96. The van der Waals surface area contributed by atoms with Gasteiger partial charge >= 0.3 is 11.4 Å². The molecule has 2 rings (SSSR count). The van der Waals surface area contributed by atoms with E-state index < -0.39 is 16.9 Å². The number of rotatable bonds is 2. The lowest BCUT2D eigenvalue weighted by Gasteiger charge is -1.98. The SMILES string of the molecule is C=CCn1c(=O)[nH]c2[nH]c(=O)[nH]c2c1=O. The minimum Gasteiger partial charge on any atom is -0.300 e. The molecule has 0 aliphatic carbocycles. The fourth-order valence-corrected chi connectivity index (χ4v) is 1.33. The highest BCUT2D eigenvalue weighted by Crippen LogP contribution is 1.91. The fourth-order valence-electron chi connectivity index (χ4n) is 1.33. The van der Waals surface area contributed by atoms with E-state index in [1.54, 1.807) is 0 Å². The Kier molecular flexibility index (Phi) is 1.93. The molecule has 0 fully saturated rings. The van der Waals surface area contributed by atoms with Gasteiger partial charge in [-0.05, 0) is 0 Å². The smallest absolute Gasteiger partial charge is 0.300 e. The largest absolute Gasteiger partial charge is 0.330 e. The van der Waals surface area contributed by atoms with E-state index in [0.717, 1.165) is 4.57 Å². The highest BCUT2D eigenvalue weighted by molar-refractivity contribution is 5.67. The number of imidazole rings is 1. The van der Waals surface area contributed by atoms with Crippen LogP contribution in [0.3, 0.4) is 0 Å². The summed E-state index contributed by atoms with van der Waals surface area (Å²) in [6.07, 6.45) is 1.42. The predicted octanol–water partition coefficient (Wildman–Crippen LogP) is -1.11. The van der Waals surface area contributed by atoms with E-state index in [1.165, 1.54) is 6.08 Å². The molecule has 7 heteroatoms. The first-order valence-corrected chi connectivity index (χ1v) is 4.19. The lowest BCUT2D eigenvalue weighted by molar-refractivity contribution is 0.726. The Balaban J connectivity index is 2.95. The predicted molar refractivity (Wildman–Crippen MR) is 54.0 cm³/mol. The molecule has 0 bridgehead atoms. The summed E-state index contributed by atoms with van der Waals surface area (Å²) in [5.41, 5.74) is -1.50. The van der Waals surface area contributed by atoms with Crippen molar-refractivity contribution in [3.63, 3.8) is 0 Å². The number of nitrogens with one attached hydrogen (secondary N) is 3. The summed E-state index contributed by atoms with van der Waals surface area (Å²) in [7, 11) is 0. The van der Waals surface area contributed by atoms with Gasteiger partial charge in [-0.15, -0.1) is 6.58 Å². The van der Waals surface area contributed by atoms with Crippen LogP contribution in [0.1, 0.15) is 0 Å². The number of aromatic amines is 3. The number of aromatic nitrogens is 4. The second-order valence-electron chi connectivity index (χ2n) is 2.96. The fraction of sp³-hybridized carbons (Fsp3) is 0.125. The normalized spacial score (nSPS) is 10.7. The highest BCUT2D eigenvalue weighted by Gasteiger charge is 2.08. The average molecular weight is 208 g/mol. The highest BCUT2D eigenvalue weighted by atomic mass is 16.2. The molecule has 0 spiro atoms. The molecular weight excluding hydrogens is 200 g/mol. The Morgan fingerprint density at radius 2 is 1.93 bits per heavy atom. The van der Waals surface area contributed by atoms with Gasteiger partial charge in [0.15, 0.2) is 5.52 Å². The molecule has 0 radical (unpaired) electrons. The van der Waals surface area contributed by atoms with E-state index in [1.807, 2.05) is 0 Å². The number of fused-ring (bicyclic) bond motifs is 1. The summed E-state index contributed by atoms with van der Waals surface area (Å²) in [6, 6.07) is 0. The molecule has 2 aromatic heterocycles. The second kappa shape index (κ2) is 3.12. The zero-order valence-electron chi connectivity index (χ0n) is 7.66. The molecule has 0 aliphatic rings. The maximum atomic E-state index is 11.7. The van der Waals surface area contributed by atoms with Crippen molar-refractivity contribution < 1.29 is 0 Å². The third-order valence-corrected chi connectivity index (χ3v) is 1.97. The van der Waals surface area contributed by atoms with Crippen LogP contribution >= 0.6 is 0 Å². The van der Waals surface area contributed by atoms with Gasteiger partial charge in [-0.3, -0.25) is 24.3 Å². The molecular formula is C8H8N4O3. The van der Waals surface area contributed by atoms with E-state index in [0.29, 0.717) is 0 Å². The van der Waals surface area contributed by atoms with Crippen molar-refractivity contribution in [1.82, 2.24) is 19.5 Å². The molecule has 0 saturated heterocycles. The van der Waals surface area contributed by atoms with Crippen molar-refractivity contribution in [2.75, 3.05) is 0 Å². The Morgan fingerprint density at radius 3 is 2.60 bits per heavy atom. The summed E-state index contributed by atoms with van der Waals surface area (Å²) in [5.74, 6) is 0. The molecule has 2 heterocycles. The molecule has 0 aliphatic heterocycles. The van der Waals surface area contributed by atoms with Crippen molar-refractivity contribution >= 4 is 11.2 Å². The summed E-state index contributed by atoms with van der Waals surface area (Å²) >= 11 is 0. The van der Waals surface area contributed by atoms with Gasteiger partial charge in [0.25, 0.3) is 5.56 Å². The van der Waals surface area contributed by atoms with Crippen molar-refractivity contribution in [3.8, 4) is 0 Å². The van der Waals surface area contributed by atoms with Crippen LogP contribution in [0.25, 0.3) is 11.2 Å². The number of hydrogen-bond donors (Lipinski definition) is 3. The lowest BCUT2D eigenvalue weighted by atomic mass is 10.5. The molecule has 78 valence electrons. The van der Waals surface area contributed by atoms with Crippen molar-refractivity contribution in [2.24, 2.45) is 0 Å². The Labute approximate surface area is 82.1 Å². The monoisotopic (exact) mass is 208 g/mol. The molecule has 15 heavy (non-hydrogen) atoms. The van der Waals surface area contributed by atoms with Gasteiger partial charge in [-0.2, -0.15) is 0 Å². The zero-order valence-corrected chi connectivity index (χ0v) is 7.66. The number of nitrogens with zero attached hydrogens (tertiary/aromatic N) is 1. The first-order valence-electron chi connectivity index (χ1n) is 4.19.